The second-order valence-electron chi connectivity index (χ2n) is 6.82. The third kappa shape index (κ3) is 4.55. The average Bonchev–Trinajstić information content (AvgIpc) is 2.59. The van der Waals surface area contributed by atoms with Crippen molar-refractivity contribution in [1.29, 1.82) is 0 Å². The van der Waals surface area contributed by atoms with Crippen molar-refractivity contribution in [2.24, 2.45) is 11.7 Å². The largest absolute Gasteiger partial charge is 0.369 e. The lowest BCUT2D eigenvalue weighted by molar-refractivity contribution is -0.135. The van der Waals surface area contributed by atoms with Gasteiger partial charge in [0.1, 0.15) is 6.04 Å². The van der Waals surface area contributed by atoms with Crippen molar-refractivity contribution < 1.29 is 18.0 Å². The highest BCUT2D eigenvalue weighted by atomic mass is 32.2. The van der Waals surface area contributed by atoms with Crippen LogP contribution in [0.5, 0.6) is 0 Å². The topological polar surface area (TPSA) is 101 Å². The molecule has 1 aromatic rings. The summed E-state index contributed by atoms with van der Waals surface area (Å²) in [6.07, 6.45) is 2.50. The van der Waals surface area contributed by atoms with E-state index in [0.29, 0.717) is 38.0 Å². The zero-order valence-electron chi connectivity index (χ0n) is 15.5. The van der Waals surface area contributed by atoms with Gasteiger partial charge in [0.15, 0.2) is 0 Å². The number of anilines is 1. The Kier molecular flexibility index (Phi) is 6.28. The number of hydrogen-bond donors (Lipinski definition) is 1. The first-order valence-electron chi connectivity index (χ1n) is 8.79. The van der Waals surface area contributed by atoms with Crippen molar-refractivity contribution >= 4 is 27.5 Å². The molecule has 2 N–H and O–H groups in total. The van der Waals surface area contributed by atoms with Crippen LogP contribution in [0, 0.1) is 12.8 Å². The van der Waals surface area contributed by atoms with E-state index in [1.807, 2.05) is 19.1 Å². The molecule has 0 spiro atoms. The fourth-order valence-electron chi connectivity index (χ4n) is 3.33. The molecule has 1 heterocycles. The molecule has 2 rings (SSSR count). The Balaban J connectivity index is 2.26. The fourth-order valence-corrected chi connectivity index (χ4v) is 4.54. The van der Waals surface area contributed by atoms with Gasteiger partial charge in [0, 0.05) is 19.0 Å². The average molecular weight is 381 g/mol. The molecule has 0 aromatic heterocycles. The highest BCUT2D eigenvalue weighted by Crippen LogP contribution is 2.25. The van der Waals surface area contributed by atoms with Crippen LogP contribution in [0.4, 0.5) is 5.69 Å². The van der Waals surface area contributed by atoms with Crippen LogP contribution in [0.1, 0.15) is 31.7 Å². The number of nitrogens with two attached hydrogens (primary N) is 1. The van der Waals surface area contributed by atoms with Crippen molar-refractivity contribution in [1.82, 2.24) is 4.90 Å². The van der Waals surface area contributed by atoms with E-state index in [9.17, 15) is 18.0 Å². The summed E-state index contributed by atoms with van der Waals surface area (Å²) in [5.41, 5.74) is 6.82. The van der Waals surface area contributed by atoms with E-state index in [1.54, 1.807) is 24.0 Å². The molecule has 1 saturated heterocycles. The van der Waals surface area contributed by atoms with E-state index < -0.39 is 16.1 Å². The highest BCUT2D eigenvalue weighted by molar-refractivity contribution is 7.92. The molecule has 1 aromatic carbocycles. The fraction of sp³-hybridized carbons (Fsp3) is 0.556. The van der Waals surface area contributed by atoms with Crippen LogP contribution in [0.3, 0.4) is 0 Å². The predicted octanol–water partition coefficient (Wildman–Crippen LogP) is 1.26. The van der Waals surface area contributed by atoms with Gasteiger partial charge in [-0.3, -0.25) is 13.9 Å². The molecule has 0 aliphatic carbocycles. The number of benzene rings is 1. The molecule has 1 fully saturated rings. The van der Waals surface area contributed by atoms with Gasteiger partial charge in [-0.05, 0) is 38.3 Å². The summed E-state index contributed by atoms with van der Waals surface area (Å²) in [5.74, 6) is -0.801. The molecule has 1 atom stereocenters. The SMILES string of the molecule is CC[C@@H](C(=O)N1CCC(C(N)=O)CC1)N(c1ccc(C)cc1)S(C)(=O)=O. The van der Waals surface area contributed by atoms with Crippen molar-refractivity contribution in [3.63, 3.8) is 0 Å². The summed E-state index contributed by atoms with van der Waals surface area (Å²) in [7, 11) is -3.64. The Hall–Kier alpha value is -2.09. The van der Waals surface area contributed by atoms with Crippen LogP contribution < -0.4 is 10.0 Å². The molecule has 1 aliphatic heterocycles. The summed E-state index contributed by atoms with van der Waals surface area (Å²) in [6.45, 7) is 4.54. The number of sulfonamides is 1. The van der Waals surface area contributed by atoms with Gasteiger partial charge in [-0.2, -0.15) is 0 Å². The van der Waals surface area contributed by atoms with Gasteiger partial charge >= 0.3 is 0 Å². The van der Waals surface area contributed by atoms with Crippen LogP contribution in [0.15, 0.2) is 24.3 Å². The number of likely N-dealkylation sites (tertiary alicyclic amines) is 1. The van der Waals surface area contributed by atoms with E-state index >= 15 is 0 Å². The molecule has 0 saturated carbocycles. The first kappa shape index (κ1) is 20.2. The molecule has 8 heteroatoms. The van der Waals surface area contributed by atoms with Crippen LogP contribution in [-0.2, 0) is 19.6 Å². The zero-order chi connectivity index (χ0) is 19.5. The van der Waals surface area contributed by atoms with E-state index in [1.165, 1.54) is 4.31 Å². The van der Waals surface area contributed by atoms with Gasteiger partial charge in [-0.15, -0.1) is 0 Å². The van der Waals surface area contributed by atoms with Crippen LogP contribution in [0.2, 0.25) is 0 Å². The minimum absolute atomic E-state index is 0.220. The molecule has 26 heavy (non-hydrogen) atoms. The number of carbonyl (C=O) groups is 2. The number of amides is 2. The van der Waals surface area contributed by atoms with E-state index in [2.05, 4.69) is 0 Å². The van der Waals surface area contributed by atoms with E-state index in [-0.39, 0.29) is 17.7 Å². The standard InChI is InChI=1S/C18H27N3O4S/c1-4-16(18(23)20-11-9-14(10-12-20)17(19)22)21(26(3,24)25)15-7-5-13(2)6-8-15/h5-8,14,16H,4,9-12H2,1-3H3,(H2,19,22)/t16-/m0/s1. The number of hydrogen-bond acceptors (Lipinski definition) is 4. The molecule has 144 valence electrons. The lowest BCUT2D eigenvalue weighted by Crippen LogP contribution is -2.53. The molecule has 2 amide bonds. The van der Waals surface area contributed by atoms with Crippen molar-refractivity contribution in [2.45, 2.75) is 39.2 Å². The van der Waals surface area contributed by atoms with E-state index in [0.717, 1.165) is 11.8 Å². The molecular formula is C18H27N3O4S. The summed E-state index contributed by atoms with van der Waals surface area (Å²) in [5, 5.41) is 0. The lowest BCUT2D eigenvalue weighted by atomic mass is 9.95. The Bertz CT molecular complexity index is 753. The maximum absolute atomic E-state index is 13.0. The van der Waals surface area contributed by atoms with Gasteiger partial charge in [0.25, 0.3) is 0 Å². The summed E-state index contributed by atoms with van der Waals surface area (Å²) >= 11 is 0. The normalized spacial score (nSPS) is 17.0. The first-order valence-corrected chi connectivity index (χ1v) is 10.6. The molecule has 0 bridgehead atoms. The van der Waals surface area contributed by atoms with Gasteiger partial charge in [0.05, 0.1) is 11.9 Å². The number of primary amides is 1. The third-order valence-corrected chi connectivity index (χ3v) is 5.99. The quantitative estimate of drug-likeness (QED) is 0.802. The monoisotopic (exact) mass is 381 g/mol. The maximum atomic E-state index is 13.0. The molecular weight excluding hydrogens is 354 g/mol. The van der Waals surface area contributed by atoms with Crippen molar-refractivity contribution in [3.8, 4) is 0 Å². The number of nitrogens with zero attached hydrogens (tertiary/aromatic N) is 2. The predicted molar refractivity (Wildman–Crippen MR) is 101 cm³/mol. The van der Waals surface area contributed by atoms with Crippen LogP contribution >= 0.6 is 0 Å². The Morgan fingerprint density at radius 3 is 2.19 bits per heavy atom. The molecule has 1 aliphatic rings. The summed E-state index contributed by atoms with van der Waals surface area (Å²) in [6, 6.07) is 6.27. The second-order valence-corrected chi connectivity index (χ2v) is 8.68. The highest BCUT2D eigenvalue weighted by Gasteiger charge is 2.36. The smallest absolute Gasteiger partial charge is 0.246 e. The summed E-state index contributed by atoms with van der Waals surface area (Å²) < 4.78 is 26.1. The first-order chi connectivity index (χ1) is 12.1. The minimum atomic E-state index is -3.64. The van der Waals surface area contributed by atoms with E-state index in [4.69, 9.17) is 5.73 Å². The Morgan fingerprint density at radius 1 is 1.23 bits per heavy atom. The third-order valence-electron chi connectivity index (χ3n) is 4.81. The number of aryl methyl sites for hydroxylation is 1. The van der Waals surface area contributed by atoms with Crippen LogP contribution in [-0.4, -0.2) is 50.5 Å². The number of piperidine rings is 1. The molecule has 7 nitrogen and oxygen atoms in total. The molecule has 0 radical (unpaired) electrons. The zero-order valence-corrected chi connectivity index (χ0v) is 16.3. The molecule has 0 unspecified atom stereocenters. The minimum Gasteiger partial charge on any atom is -0.369 e. The van der Waals surface area contributed by atoms with Gasteiger partial charge in [0.2, 0.25) is 21.8 Å². The van der Waals surface area contributed by atoms with Crippen LogP contribution in [0.25, 0.3) is 0 Å². The Labute approximate surface area is 155 Å². The van der Waals surface area contributed by atoms with Gasteiger partial charge in [-0.1, -0.05) is 24.6 Å². The number of carbonyl (C=O) groups excluding carboxylic acids is 2. The van der Waals surface area contributed by atoms with Crippen molar-refractivity contribution in [2.75, 3.05) is 23.7 Å². The maximum Gasteiger partial charge on any atom is 0.246 e. The van der Waals surface area contributed by atoms with Gasteiger partial charge in [-0.25, -0.2) is 8.42 Å². The lowest BCUT2D eigenvalue weighted by Gasteiger charge is -2.37. The summed E-state index contributed by atoms with van der Waals surface area (Å²) in [4.78, 5) is 26.0. The Morgan fingerprint density at radius 2 is 1.77 bits per heavy atom. The number of rotatable bonds is 6. The van der Waals surface area contributed by atoms with Gasteiger partial charge < -0.3 is 10.6 Å². The second kappa shape index (κ2) is 8.07. The van der Waals surface area contributed by atoms with Crippen molar-refractivity contribution in [3.05, 3.63) is 29.8 Å².